The van der Waals surface area contributed by atoms with Gasteiger partial charge in [-0.3, -0.25) is 10.1 Å². The van der Waals surface area contributed by atoms with Crippen LogP contribution in [0.4, 0.5) is 11.5 Å². The van der Waals surface area contributed by atoms with Gasteiger partial charge in [0.05, 0.1) is 4.92 Å². The molecule has 0 aromatic carbocycles. The van der Waals surface area contributed by atoms with Crippen LogP contribution in [0, 0.1) is 23.0 Å². The second-order valence-electron chi connectivity index (χ2n) is 5.39. The first-order valence-corrected chi connectivity index (χ1v) is 6.33. The fraction of sp³-hybridized carbons (Fsp3) is 0.615. The quantitative estimate of drug-likeness (QED) is 0.632. The number of nitrogens with zero attached hydrogens (tertiary/aromatic N) is 3. The Balaban J connectivity index is 2.99. The summed E-state index contributed by atoms with van der Waals surface area (Å²) in [5, 5.41) is 14.3. The van der Waals surface area contributed by atoms with Crippen LogP contribution in [0.2, 0.25) is 0 Å². The lowest BCUT2D eigenvalue weighted by Crippen LogP contribution is -2.36. The number of anilines is 1. The van der Waals surface area contributed by atoms with Crippen molar-refractivity contribution in [3.8, 4) is 0 Å². The predicted molar refractivity (Wildman–Crippen MR) is 76.4 cm³/mol. The Morgan fingerprint density at radius 3 is 2.58 bits per heavy atom. The first-order chi connectivity index (χ1) is 8.81. The van der Waals surface area contributed by atoms with E-state index in [2.05, 4.69) is 29.0 Å². The zero-order valence-corrected chi connectivity index (χ0v) is 12.2. The average Bonchev–Trinajstić information content (AvgIpc) is 2.29. The average molecular weight is 266 g/mol. The molecular weight excluding hydrogens is 244 g/mol. The summed E-state index contributed by atoms with van der Waals surface area (Å²) in [5.41, 5.74) is 0.815. The summed E-state index contributed by atoms with van der Waals surface area (Å²) in [4.78, 5) is 16.9. The number of aryl methyl sites for hydroxylation is 1. The Morgan fingerprint density at radius 1 is 1.47 bits per heavy atom. The molecule has 0 amide bonds. The molecule has 0 saturated heterocycles. The maximum absolute atomic E-state index is 11.1. The largest absolute Gasteiger partial charge is 0.360 e. The fourth-order valence-electron chi connectivity index (χ4n) is 1.80. The van der Waals surface area contributed by atoms with Gasteiger partial charge in [-0.25, -0.2) is 4.98 Å². The number of hydrogen-bond acceptors (Lipinski definition) is 5. The predicted octanol–water partition coefficient (Wildman–Crippen LogP) is 2.30. The van der Waals surface area contributed by atoms with Gasteiger partial charge in [-0.05, 0) is 32.5 Å². The van der Waals surface area contributed by atoms with E-state index >= 15 is 0 Å². The van der Waals surface area contributed by atoms with Crippen LogP contribution < -0.4 is 5.32 Å². The molecule has 0 aliphatic carbocycles. The van der Waals surface area contributed by atoms with Gasteiger partial charge in [-0.2, -0.15) is 0 Å². The number of rotatable bonds is 6. The Labute approximate surface area is 114 Å². The Morgan fingerprint density at radius 2 is 2.11 bits per heavy atom. The van der Waals surface area contributed by atoms with Crippen molar-refractivity contribution in [3.05, 3.63) is 27.9 Å². The van der Waals surface area contributed by atoms with Crippen molar-refractivity contribution in [3.63, 3.8) is 0 Å². The van der Waals surface area contributed by atoms with E-state index in [0.29, 0.717) is 11.7 Å². The van der Waals surface area contributed by atoms with E-state index in [4.69, 9.17) is 0 Å². The smallest absolute Gasteiger partial charge is 0.311 e. The topological polar surface area (TPSA) is 71.3 Å². The summed E-state index contributed by atoms with van der Waals surface area (Å²) in [6, 6.07) is 1.66. The Kier molecular flexibility index (Phi) is 5.23. The number of aromatic nitrogens is 1. The van der Waals surface area contributed by atoms with Crippen molar-refractivity contribution in [2.24, 2.45) is 5.92 Å². The highest BCUT2D eigenvalue weighted by molar-refractivity contribution is 5.57. The molecule has 1 unspecified atom stereocenters. The molecule has 1 N–H and O–H groups in total. The second kappa shape index (κ2) is 6.47. The molecule has 1 aromatic rings. The Hall–Kier alpha value is -1.69. The van der Waals surface area contributed by atoms with Gasteiger partial charge in [0.1, 0.15) is 0 Å². The molecule has 0 spiro atoms. The number of nitrogens with one attached hydrogen (secondary N) is 1. The second-order valence-corrected chi connectivity index (χ2v) is 5.39. The molecule has 0 fully saturated rings. The third-order valence-corrected chi connectivity index (χ3v) is 2.89. The molecule has 0 radical (unpaired) electrons. The Bertz CT molecular complexity index is 446. The molecule has 19 heavy (non-hydrogen) atoms. The first kappa shape index (κ1) is 15.4. The van der Waals surface area contributed by atoms with E-state index in [0.717, 1.165) is 12.1 Å². The third-order valence-electron chi connectivity index (χ3n) is 2.89. The standard InChI is InChI=1S/C13H22N4O2/c1-9(2)11(8-16(4)5)15-13-12(17(18)19)6-10(3)7-14-13/h6-7,9,11H,8H2,1-5H3,(H,14,15). The molecular formula is C13H22N4O2. The number of hydrogen-bond donors (Lipinski definition) is 1. The molecule has 1 rings (SSSR count). The van der Waals surface area contributed by atoms with Gasteiger partial charge >= 0.3 is 5.69 Å². The van der Waals surface area contributed by atoms with Gasteiger partial charge in [-0.15, -0.1) is 0 Å². The van der Waals surface area contributed by atoms with E-state index in [-0.39, 0.29) is 11.7 Å². The molecule has 6 nitrogen and oxygen atoms in total. The summed E-state index contributed by atoms with van der Waals surface area (Å²) >= 11 is 0. The minimum absolute atomic E-state index is 0.0319. The van der Waals surface area contributed by atoms with Crippen molar-refractivity contribution < 1.29 is 4.92 Å². The van der Waals surface area contributed by atoms with Gasteiger partial charge in [0.15, 0.2) is 0 Å². The van der Waals surface area contributed by atoms with Crippen molar-refractivity contribution >= 4 is 11.5 Å². The molecule has 0 aliphatic rings. The third kappa shape index (κ3) is 4.48. The number of likely N-dealkylation sites (N-methyl/N-ethyl adjacent to an activating group) is 1. The van der Waals surface area contributed by atoms with Crippen LogP contribution in [0.5, 0.6) is 0 Å². The lowest BCUT2D eigenvalue weighted by atomic mass is 10.0. The number of pyridine rings is 1. The fourth-order valence-corrected chi connectivity index (χ4v) is 1.80. The van der Waals surface area contributed by atoms with Crippen LogP contribution in [0.15, 0.2) is 12.3 Å². The normalized spacial score (nSPS) is 12.8. The van der Waals surface area contributed by atoms with E-state index in [1.54, 1.807) is 19.2 Å². The van der Waals surface area contributed by atoms with Gasteiger partial charge in [-0.1, -0.05) is 13.8 Å². The molecule has 6 heteroatoms. The molecule has 1 aromatic heterocycles. The zero-order valence-electron chi connectivity index (χ0n) is 12.2. The SMILES string of the molecule is Cc1cnc(NC(CN(C)C)C(C)C)c([N+](=O)[O-])c1. The molecule has 106 valence electrons. The molecule has 0 bridgehead atoms. The lowest BCUT2D eigenvalue weighted by Gasteiger charge is -2.25. The van der Waals surface area contributed by atoms with Crippen molar-refractivity contribution in [1.82, 2.24) is 9.88 Å². The van der Waals surface area contributed by atoms with Crippen LogP contribution >= 0.6 is 0 Å². The highest BCUT2D eigenvalue weighted by Gasteiger charge is 2.21. The van der Waals surface area contributed by atoms with Crippen molar-refractivity contribution in [1.29, 1.82) is 0 Å². The maximum atomic E-state index is 11.1. The highest BCUT2D eigenvalue weighted by atomic mass is 16.6. The van der Waals surface area contributed by atoms with Crippen molar-refractivity contribution in [2.45, 2.75) is 26.8 Å². The van der Waals surface area contributed by atoms with Gasteiger partial charge < -0.3 is 10.2 Å². The van der Waals surface area contributed by atoms with Gasteiger partial charge in [0.25, 0.3) is 0 Å². The maximum Gasteiger partial charge on any atom is 0.311 e. The van der Waals surface area contributed by atoms with Crippen LogP contribution in [-0.4, -0.2) is 41.5 Å². The summed E-state index contributed by atoms with van der Waals surface area (Å²) in [6.45, 7) is 6.76. The highest BCUT2D eigenvalue weighted by Crippen LogP contribution is 2.24. The first-order valence-electron chi connectivity index (χ1n) is 6.33. The molecule has 1 atom stereocenters. The number of nitro groups is 1. The van der Waals surface area contributed by atoms with Crippen LogP contribution in [0.1, 0.15) is 19.4 Å². The lowest BCUT2D eigenvalue weighted by molar-refractivity contribution is -0.384. The van der Waals surface area contributed by atoms with E-state index < -0.39 is 4.92 Å². The minimum Gasteiger partial charge on any atom is -0.360 e. The van der Waals surface area contributed by atoms with Crippen LogP contribution in [0.3, 0.4) is 0 Å². The van der Waals surface area contributed by atoms with Crippen molar-refractivity contribution in [2.75, 3.05) is 26.0 Å². The summed E-state index contributed by atoms with van der Waals surface area (Å²) in [7, 11) is 3.96. The summed E-state index contributed by atoms with van der Waals surface area (Å²) in [5.74, 6) is 0.696. The molecule has 0 aliphatic heterocycles. The van der Waals surface area contributed by atoms with E-state index in [1.165, 1.54) is 0 Å². The monoisotopic (exact) mass is 266 g/mol. The minimum atomic E-state index is -0.393. The van der Waals surface area contributed by atoms with Gasteiger partial charge in [0.2, 0.25) is 5.82 Å². The zero-order chi connectivity index (χ0) is 14.6. The van der Waals surface area contributed by atoms with Gasteiger partial charge in [0, 0.05) is 24.8 Å². The summed E-state index contributed by atoms with van der Waals surface area (Å²) < 4.78 is 0. The van der Waals surface area contributed by atoms with E-state index in [9.17, 15) is 10.1 Å². The summed E-state index contributed by atoms with van der Waals surface area (Å²) in [6.07, 6.45) is 1.64. The molecule has 0 saturated carbocycles. The van der Waals surface area contributed by atoms with Crippen LogP contribution in [0.25, 0.3) is 0 Å². The van der Waals surface area contributed by atoms with E-state index in [1.807, 2.05) is 14.1 Å². The molecule has 1 heterocycles. The van der Waals surface area contributed by atoms with Crippen LogP contribution in [-0.2, 0) is 0 Å².